The average molecular weight is 158 g/mol. The van der Waals surface area contributed by atoms with Crippen molar-refractivity contribution in [3.05, 3.63) is 35.4 Å². The minimum absolute atomic E-state index is 0.169. The van der Waals surface area contributed by atoms with Crippen molar-refractivity contribution < 1.29 is 4.79 Å². The van der Waals surface area contributed by atoms with Crippen LogP contribution in [0, 0.1) is 0 Å². The number of benzene rings is 1. The van der Waals surface area contributed by atoms with Gasteiger partial charge in [-0.05, 0) is 11.4 Å². The largest absolute Gasteiger partial charge is 0.306 e. The zero-order chi connectivity index (χ0) is 8.72. The molecule has 0 amide bonds. The maximum absolute atomic E-state index is 11.6. The highest BCUT2D eigenvalue weighted by Gasteiger charge is 2.35. The van der Waals surface area contributed by atoms with E-state index in [0.29, 0.717) is 11.5 Å². The third-order valence-corrected chi connectivity index (χ3v) is 2.88. The van der Waals surface area contributed by atoms with Crippen LogP contribution in [-0.4, -0.2) is 12.4 Å². The Kier molecular flexibility index (Phi) is 1.57. The summed E-state index contributed by atoms with van der Waals surface area (Å²) in [6, 6.07) is 7.92. The molecule has 0 spiro atoms. The molecule has 0 aliphatic carbocycles. The molecule has 0 saturated carbocycles. The highest BCUT2D eigenvalue weighted by molar-refractivity contribution is 6.94. The number of hydrogen-bond donors (Lipinski definition) is 0. The van der Waals surface area contributed by atoms with Crippen molar-refractivity contribution in [2.75, 3.05) is 0 Å². The molecule has 0 bridgehead atoms. The van der Waals surface area contributed by atoms with Crippen molar-refractivity contribution in [2.24, 2.45) is 0 Å². The Morgan fingerprint density at radius 3 is 2.67 bits per heavy atom. The van der Waals surface area contributed by atoms with Crippen LogP contribution in [-0.2, 0) is 0 Å². The van der Waals surface area contributed by atoms with Gasteiger partial charge in [0.15, 0.2) is 0 Å². The van der Waals surface area contributed by atoms with Crippen LogP contribution in [0.15, 0.2) is 24.3 Å². The van der Waals surface area contributed by atoms with Gasteiger partial charge in [0.1, 0.15) is 5.68 Å². The number of carbonyl (C=O) groups is 1. The second-order valence-electron chi connectivity index (χ2n) is 3.53. The Morgan fingerprint density at radius 1 is 1.33 bits per heavy atom. The minimum Gasteiger partial charge on any atom is -0.306 e. The van der Waals surface area contributed by atoms with Crippen LogP contribution in [0.4, 0.5) is 0 Å². The highest BCUT2D eigenvalue weighted by Crippen LogP contribution is 2.31. The van der Waals surface area contributed by atoms with Gasteiger partial charge in [-0.15, -0.1) is 0 Å². The Labute approximate surface area is 72.9 Å². The average Bonchev–Trinajstić information content (AvgIpc) is 2.33. The van der Waals surface area contributed by atoms with Gasteiger partial charge in [0.2, 0.25) is 6.71 Å². The fourth-order valence-electron chi connectivity index (χ4n) is 1.86. The van der Waals surface area contributed by atoms with Crippen molar-refractivity contribution in [3.63, 3.8) is 0 Å². The first-order valence-corrected chi connectivity index (χ1v) is 4.35. The highest BCUT2D eigenvalue weighted by atomic mass is 16.1. The van der Waals surface area contributed by atoms with Gasteiger partial charge in [0.25, 0.3) is 0 Å². The van der Waals surface area contributed by atoms with Crippen LogP contribution < -0.4 is 0 Å². The summed E-state index contributed by atoms with van der Waals surface area (Å²) in [6.07, 6.45) is 0. The molecular weight excluding hydrogens is 147 g/mol. The van der Waals surface area contributed by atoms with Crippen molar-refractivity contribution in [3.8, 4) is 0 Å². The molecular formula is C10H11BO. The molecule has 0 radical (unpaired) electrons. The molecule has 1 atom stereocenters. The Bertz CT molecular complexity index is 332. The lowest BCUT2D eigenvalue weighted by molar-refractivity contribution is 0.107. The van der Waals surface area contributed by atoms with E-state index < -0.39 is 0 Å². The molecule has 1 aliphatic rings. The van der Waals surface area contributed by atoms with Crippen LogP contribution in [0.3, 0.4) is 0 Å². The van der Waals surface area contributed by atoms with Gasteiger partial charge in [0, 0.05) is 5.56 Å². The van der Waals surface area contributed by atoms with E-state index in [9.17, 15) is 4.79 Å². The normalized spacial score (nSPS) is 21.3. The van der Waals surface area contributed by atoms with Gasteiger partial charge < -0.3 is 4.79 Å². The van der Waals surface area contributed by atoms with Crippen LogP contribution >= 0.6 is 0 Å². The molecule has 1 aromatic carbocycles. The monoisotopic (exact) mass is 158 g/mol. The molecule has 0 fully saturated rings. The zero-order valence-corrected chi connectivity index (χ0v) is 7.37. The predicted octanol–water partition coefficient (Wildman–Crippen LogP) is 2.19. The van der Waals surface area contributed by atoms with Crippen LogP contribution in [0.1, 0.15) is 28.7 Å². The van der Waals surface area contributed by atoms with Gasteiger partial charge in [-0.2, -0.15) is 0 Å². The molecule has 0 saturated heterocycles. The Hall–Kier alpha value is -1.05. The minimum atomic E-state index is 0.169. The first-order valence-electron chi connectivity index (χ1n) is 4.35. The lowest BCUT2D eigenvalue weighted by Crippen LogP contribution is -2.19. The van der Waals surface area contributed by atoms with Gasteiger partial charge in [-0.3, -0.25) is 0 Å². The first-order chi connectivity index (χ1) is 5.72. The molecule has 0 aromatic heterocycles. The summed E-state index contributed by atoms with van der Waals surface area (Å²) in [6.45, 7) is 4.30. The first kappa shape index (κ1) is 7.60. The fourth-order valence-corrected chi connectivity index (χ4v) is 1.86. The molecule has 60 valence electrons. The summed E-state index contributed by atoms with van der Waals surface area (Å²) >= 11 is 0. The third-order valence-electron chi connectivity index (χ3n) is 2.88. The molecule has 2 heteroatoms. The van der Waals surface area contributed by atoms with Crippen molar-refractivity contribution in [1.29, 1.82) is 0 Å². The summed E-state index contributed by atoms with van der Waals surface area (Å²) in [7, 11) is 0. The zero-order valence-electron chi connectivity index (χ0n) is 7.37. The molecule has 1 heterocycles. The standard InChI is InChI=1S/C10H11BO/c1-7-8-5-3-4-6-9(8)10(12)11(7)2/h3-7H,1-2H3. The molecule has 1 nitrogen and oxygen atoms in total. The maximum Gasteiger partial charge on any atom is 0.234 e. The summed E-state index contributed by atoms with van der Waals surface area (Å²) < 4.78 is 0. The summed E-state index contributed by atoms with van der Waals surface area (Å²) in [4.78, 5) is 11.6. The quantitative estimate of drug-likeness (QED) is 0.529. The van der Waals surface area contributed by atoms with Gasteiger partial charge in [-0.25, -0.2) is 0 Å². The van der Waals surface area contributed by atoms with E-state index in [4.69, 9.17) is 0 Å². The Morgan fingerprint density at radius 2 is 2.00 bits per heavy atom. The maximum atomic E-state index is 11.6. The summed E-state index contributed by atoms with van der Waals surface area (Å²) in [5, 5.41) is 0. The SMILES string of the molecule is CB1C(=O)c2ccccc2C1C. The number of carbonyl (C=O) groups excluding carboxylic acids is 1. The number of rotatable bonds is 0. The van der Waals surface area contributed by atoms with E-state index in [1.165, 1.54) is 5.56 Å². The predicted molar refractivity (Wildman–Crippen MR) is 50.8 cm³/mol. The van der Waals surface area contributed by atoms with Crippen LogP contribution in [0.5, 0.6) is 0 Å². The molecule has 1 aliphatic heterocycles. The van der Waals surface area contributed by atoms with Gasteiger partial charge >= 0.3 is 0 Å². The van der Waals surface area contributed by atoms with Crippen molar-refractivity contribution in [1.82, 2.24) is 0 Å². The van der Waals surface area contributed by atoms with E-state index in [1.54, 1.807) is 0 Å². The van der Waals surface area contributed by atoms with Crippen LogP contribution in [0.2, 0.25) is 6.82 Å². The van der Waals surface area contributed by atoms with E-state index in [2.05, 4.69) is 13.0 Å². The summed E-state index contributed by atoms with van der Waals surface area (Å²) in [5.74, 6) is 0.397. The topological polar surface area (TPSA) is 17.1 Å². The second-order valence-corrected chi connectivity index (χ2v) is 3.53. The van der Waals surface area contributed by atoms with Crippen molar-refractivity contribution >= 4 is 12.4 Å². The van der Waals surface area contributed by atoms with E-state index in [-0.39, 0.29) is 6.71 Å². The second kappa shape index (κ2) is 2.48. The fraction of sp³-hybridized carbons (Fsp3) is 0.300. The molecule has 2 rings (SSSR count). The number of hydrogen-bond acceptors (Lipinski definition) is 1. The molecule has 1 aromatic rings. The van der Waals surface area contributed by atoms with E-state index in [1.807, 2.05) is 25.0 Å². The van der Waals surface area contributed by atoms with Gasteiger partial charge in [0.05, 0.1) is 0 Å². The molecule has 1 unspecified atom stereocenters. The third kappa shape index (κ3) is 0.841. The smallest absolute Gasteiger partial charge is 0.234 e. The molecule has 12 heavy (non-hydrogen) atoms. The van der Waals surface area contributed by atoms with E-state index >= 15 is 0 Å². The van der Waals surface area contributed by atoms with Crippen LogP contribution in [0.25, 0.3) is 0 Å². The number of fused-ring (bicyclic) bond motifs is 1. The lowest BCUT2D eigenvalue weighted by Gasteiger charge is -2.03. The molecule has 0 N–H and O–H groups in total. The summed E-state index contributed by atoms with van der Waals surface area (Å²) in [5.41, 5.74) is 2.45. The lowest BCUT2D eigenvalue weighted by atomic mass is 9.43. The van der Waals surface area contributed by atoms with Gasteiger partial charge in [-0.1, -0.05) is 38.0 Å². The Balaban J connectivity index is 2.59. The van der Waals surface area contributed by atoms with E-state index in [0.717, 1.165) is 5.56 Å². The van der Waals surface area contributed by atoms with Crippen molar-refractivity contribution in [2.45, 2.75) is 19.6 Å².